The molecular weight excluding hydrogens is 516 g/mol. The Hall–Kier alpha value is -3.41. The van der Waals surface area contributed by atoms with Crippen LogP contribution in [-0.2, 0) is 23.9 Å². The third-order valence-electron chi connectivity index (χ3n) is 7.78. The molecule has 3 aliphatic rings. The lowest BCUT2D eigenvalue weighted by atomic mass is 10.0. The van der Waals surface area contributed by atoms with E-state index in [1.165, 1.54) is 23.1 Å². The van der Waals surface area contributed by atoms with Crippen LogP contribution in [0.4, 0.5) is 29.1 Å². The molecule has 1 aromatic carbocycles. The highest BCUT2D eigenvalue weighted by atomic mass is 19.4. The predicted octanol–water partition coefficient (Wildman–Crippen LogP) is 3.50. The van der Waals surface area contributed by atoms with Crippen molar-refractivity contribution in [2.24, 2.45) is 0 Å². The summed E-state index contributed by atoms with van der Waals surface area (Å²) in [6.07, 6.45) is -1.07. The van der Waals surface area contributed by atoms with E-state index in [0.29, 0.717) is 50.7 Å². The predicted molar refractivity (Wildman–Crippen MR) is 138 cm³/mol. The van der Waals surface area contributed by atoms with Crippen LogP contribution in [-0.4, -0.2) is 84.6 Å². The Balaban J connectivity index is 1.45. The van der Waals surface area contributed by atoms with E-state index in [-0.39, 0.29) is 36.7 Å². The summed E-state index contributed by atoms with van der Waals surface area (Å²) in [5.41, 5.74) is -0.0838. The second kappa shape index (κ2) is 11.0. The molecule has 1 amide bonds. The maximum Gasteiger partial charge on any atom is 0.421 e. The van der Waals surface area contributed by atoms with Crippen LogP contribution < -0.4 is 14.5 Å². The zero-order chi connectivity index (χ0) is 27.7. The van der Waals surface area contributed by atoms with Crippen LogP contribution >= 0.6 is 0 Å². The SMILES string of the molecule is C=CC(=O)N1CCN(c2nc(OC[C@@H]3CCCN3C)nc3c2CCN(c2cccc(F)c2C(F)(F)F)C3)CC1. The first-order valence-electron chi connectivity index (χ1n) is 13.2. The first-order valence-corrected chi connectivity index (χ1v) is 13.2. The van der Waals surface area contributed by atoms with Crippen molar-refractivity contribution < 1.29 is 27.1 Å². The van der Waals surface area contributed by atoms with Gasteiger partial charge in [0.15, 0.2) is 0 Å². The summed E-state index contributed by atoms with van der Waals surface area (Å²) in [5, 5.41) is 0. The van der Waals surface area contributed by atoms with Crippen LogP contribution in [0.1, 0.15) is 29.7 Å². The Morgan fingerprint density at radius 2 is 1.90 bits per heavy atom. The molecule has 4 heterocycles. The van der Waals surface area contributed by atoms with Crippen molar-refractivity contribution in [3.8, 4) is 6.01 Å². The summed E-state index contributed by atoms with van der Waals surface area (Å²) < 4.78 is 61.7. The van der Waals surface area contributed by atoms with Gasteiger partial charge in [-0.15, -0.1) is 0 Å². The summed E-state index contributed by atoms with van der Waals surface area (Å²) in [6.45, 7) is 7.33. The van der Waals surface area contributed by atoms with Crippen LogP contribution in [0, 0.1) is 5.82 Å². The number of likely N-dealkylation sites (tertiary alicyclic amines) is 1. The van der Waals surface area contributed by atoms with Crippen LogP contribution in [0.2, 0.25) is 0 Å². The van der Waals surface area contributed by atoms with Crippen molar-refractivity contribution in [1.82, 2.24) is 19.8 Å². The van der Waals surface area contributed by atoms with E-state index in [4.69, 9.17) is 9.72 Å². The number of anilines is 2. The Morgan fingerprint density at radius 3 is 2.56 bits per heavy atom. The van der Waals surface area contributed by atoms with Gasteiger partial charge in [-0.3, -0.25) is 4.79 Å². The van der Waals surface area contributed by atoms with Crippen molar-refractivity contribution in [2.75, 3.05) is 62.7 Å². The third kappa shape index (κ3) is 5.66. The van der Waals surface area contributed by atoms with E-state index < -0.39 is 17.6 Å². The number of rotatable bonds is 6. The van der Waals surface area contributed by atoms with Gasteiger partial charge in [-0.25, -0.2) is 4.39 Å². The number of benzene rings is 1. The Morgan fingerprint density at radius 1 is 1.13 bits per heavy atom. The van der Waals surface area contributed by atoms with Crippen molar-refractivity contribution in [2.45, 2.75) is 38.0 Å². The molecule has 1 atom stereocenters. The lowest BCUT2D eigenvalue weighted by molar-refractivity contribution is -0.139. The van der Waals surface area contributed by atoms with Gasteiger partial charge in [-0.1, -0.05) is 12.6 Å². The molecule has 8 nitrogen and oxygen atoms in total. The number of ether oxygens (including phenoxy) is 1. The first kappa shape index (κ1) is 27.2. The van der Waals surface area contributed by atoms with Crippen molar-refractivity contribution in [3.63, 3.8) is 0 Å². The van der Waals surface area contributed by atoms with E-state index in [2.05, 4.69) is 21.4 Å². The molecule has 2 aromatic rings. The lowest BCUT2D eigenvalue weighted by Crippen LogP contribution is -2.49. The number of hydrogen-bond donors (Lipinski definition) is 0. The Labute approximate surface area is 224 Å². The quantitative estimate of drug-likeness (QED) is 0.405. The summed E-state index contributed by atoms with van der Waals surface area (Å²) >= 11 is 0. The van der Waals surface area contributed by atoms with E-state index >= 15 is 0 Å². The molecule has 0 aliphatic carbocycles. The minimum atomic E-state index is -4.83. The van der Waals surface area contributed by atoms with Gasteiger partial charge in [0.25, 0.3) is 0 Å². The van der Waals surface area contributed by atoms with E-state index in [0.717, 1.165) is 31.0 Å². The van der Waals surface area contributed by atoms with Gasteiger partial charge in [0.1, 0.15) is 23.8 Å². The van der Waals surface area contributed by atoms with E-state index in [1.807, 2.05) is 7.05 Å². The number of nitrogens with zero attached hydrogens (tertiary/aromatic N) is 6. The fourth-order valence-corrected chi connectivity index (χ4v) is 5.61. The van der Waals surface area contributed by atoms with Gasteiger partial charge in [-0.05, 0) is 51.1 Å². The Kier molecular flexibility index (Phi) is 7.66. The number of amides is 1. The fraction of sp³-hybridized carbons (Fsp3) is 0.519. The van der Waals surface area contributed by atoms with Gasteiger partial charge >= 0.3 is 12.2 Å². The zero-order valence-electron chi connectivity index (χ0n) is 21.9. The molecular formula is C27H32F4N6O2. The number of carbonyl (C=O) groups is 1. The number of carbonyl (C=O) groups excluding carboxylic acids is 1. The van der Waals surface area contributed by atoms with Crippen molar-refractivity contribution >= 4 is 17.4 Å². The average Bonchev–Trinajstić information content (AvgIpc) is 3.34. The number of halogens is 4. The second-order valence-corrected chi connectivity index (χ2v) is 10.2. The molecule has 3 aliphatic heterocycles. The first-order chi connectivity index (χ1) is 18.7. The van der Waals surface area contributed by atoms with E-state index in [1.54, 1.807) is 4.90 Å². The molecule has 12 heteroatoms. The zero-order valence-corrected chi connectivity index (χ0v) is 21.9. The number of likely N-dealkylation sites (N-methyl/N-ethyl adjacent to an activating group) is 1. The molecule has 0 radical (unpaired) electrons. The number of hydrogen-bond acceptors (Lipinski definition) is 7. The largest absolute Gasteiger partial charge is 0.462 e. The Bertz CT molecular complexity index is 1230. The number of fused-ring (bicyclic) bond motifs is 1. The average molecular weight is 549 g/mol. The maximum atomic E-state index is 14.3. The van der Waals surface area contributed by atoms with Crippen LogP contribution in [0.15, 0.2) is 30.9 Å². The van der Waals surface area contributed by atoms with Crippen LogP contribution in [0.25, 0.3) is 0 Å². The molecule has 2 saturated heterocycles. The summed E-state index contributed by atoms with van der Waals surface area (Å²) in [7, 11) is 2.04. The minimum absolute atomic E-state index is 0.0615. The molecule has 0 spiro atoms. The van der Waals surface area contributed by atoms with Gasteiger partial charge < -0.3 is 24.3 Å². The van der Waals surface area contributed by atoms with Gasteiger partial charge in [0, 0.05) is 44.3 Å². The molecule has 210 valence electrons. The highest BCUT2D eigenvalue weighted by Crippen LogP contribution is 2.40. The summed E-state index contributed by atoms with van der Waals surface area (Å²) in [4.78, 5) is 29.0. The van der Waals surface area contributed by atoms with Gasteiger partial charge in [0.2, 0.25) is 5.91 Å². The van der Waals surface area contributed by atoms with E-state index in [9.17, 15) is 22.4 Å². The van der Waals surface area contributed by atoms with Gasteiger partial charge in [-0.2, -0.15) is 23.1 Å². The van der Waals surface area contributed by atoms with Crippen LogP contribution in [0.5, 0.6) is 6.01 Å². The number of piperazine rings is 1. The van der Waals surface area contributed by atoms with Crippen molar-refractivity contribution in [3.05, 3.63) is 53.5 Å². The smallest absolute Gasteiger partial charge is 0.421 e. The lowest BCUT2D eigenvalue weighted by Gasteiger charge is -2.38. The second-order valence-electron chi connectivity index (χ2n) is 10.2. The number of alkyl halides is 3. The summed E-state index contributed by atoms with van der Waals surface area (Å²) in [5.74, 6) is -0.753. The molecule has 5 rings (SSSR count). The standard InChI is InChI=1S/C27H32F4N6O2/c1-3-23(38)35-12-14-36(15-13-35)25-19-9-11-37(22-8-4-7-20(28)24(22)27(29,30)31)16-21(19)32-26(33-25)39-17-18-6-5-10-34(18)2/h3-4,7-8,18H,1,5-6,9-17H2,2H3/t18-/m0/s1. The molecule has 0 N–H and O–H groups in total. The molecule has 1 aromatic heterocycles. The topological polar surface area (TPSA) is 65.0 Å². The number of aromatic nitrogens is 2. The van der Waals surface area contributed by atoms with Gasteiger partial charge in [0.05, 0.1) is 17.9 Å². The highest BCUT2D eigenvalue weighted by molar-refractivity contribution is 5.87. The maximum absolute atomic E-state index is 14.3. The molecule has 2 fully saturated rings. The minimum Gasteiger partial charge on any atom is -0.462 e. The third-order valence-corrected chi connectivity index (χ3v) is 7.78. The van der Waals surface area contributed by atoms with Crippen molar-refractivity contribution in [1.29, 1.82) is 0 Å². The summed E-state index contributed by atoms with van der Waals surface area (Å²) in [6, 6.07) is 3.82. The molecule has 0 unspecified atom stereocenters. The molecule has 0 bridgehead atoms. The fourth-order valence-electron chi connectivity index (χ4n) is 5.61. The normalized spacial score (nSPS) is 20.2. The van der Waals surface area contributed by atoms with Crippen LogP contribution in [0.3, 0.4) is 0 Å². The highest BCUT2D eigenvalue weighted by Gasteiger charge is 2.39. The molecule has 0 saturated carbocycles. The molecule has 39 heavy (non-hydrogen) atoms. The monoisotopic (exact) mass is 548 g/mol.